The van der Waals surface area contributed by atoms with E-state index in [0.29, 0.717) is 0 Å². The number of pyridine rings is 1. The number of aromatic nitrogens is 1. The minimum Gasteiger partial charge on any atom is -0.309 e. The second-order valence-electron chi connectivity index (χ2n) is 5.76. The van der Waals surface area contributed by atoms with Crippen molar-refractivity contribution in [2.24, 2.45) is 0 Å². The molecular formula is C18H21FN2. The number of hydrogen-bond donors (Lipinski definition) is 1. The van der Waals surface area contributed by atoms with Crippen LogP contribution in [-0.4, -0.2) is 11.5 Å². The third-order valence-corrected chi connectivity index (χ3v) is 4.67. The van der Waals surface area contributed by atoms with E-state index in [4.69, 9.17) is 0 Å². The minimum atomic E-state index is -0.217. The predicted molar refractivity (Wildman–Crippen MR) is 82.6 cm³/mol. The first-order valence-corrected chi connectivity index (χ1v) is 7.66. The highest BCUT2D eigenvalue weighted by atomic mass is 19.1. The Balaban J connectivity index is 2.05. The van der Waals surface area contributed by atoms with Gasteiger partial charge in [-0.25, -0.2) is 4.39 Å². The van der Waals surface area contributed by atoms with Crippen LogP contribution in [0.15, 0.2) is 48.8 Å². The van der Waals surface area contributed by atoms with E-state index in [0.717, 1.165) is 24.9 Å². The van der Waals surface area contributed by atoms with Gasteiger partial charge < -0.3 is 5.32 Å². The van der Waals surface area contributed by atoms with E-state index in [2.05, 4.69) is 41.5 Å². The average Bonchev–Trinajstić information content (AvgIpc) is 2.47. The number of halogens is 1. The van der Waals surface area contributed by atoms with Crippen molar-refractivity contribution >= 4 is 0 Å². The molecule has 0 aliphatic heterocycles. The molecule has 1 heterocycles. The quantitative estimate of drug-likeness (QED) is 0.898. The van der Waals surface area contributed by atoms with E-state index in [-0.39, 0.29) is 17.3 Å². The van der Waals surface area contributed by atoms with Crippen LogP contribution >= 0.6 is 0 Å². The number of benzene rings is 1. The summed E-state index contributed by atoms with van der Waals surface area (Å²) in [5.41, 5.74) is 2.04. The lowest BCUT2D eigenvalue weighted by molar-refractivity contribution is 0.168. The summed E-state index contributed by atoms with van der Waals surface area (Å²) >= 11 is 0. The lowest BCUT2D eigenvalue weighted by Gasteiger charge is -2.49. The normalized spacial score (nSPS) is 18.0. The zero-order chi connectivity index (χ0) is 14.7. The molecule has 3 heteroatoms. The highest BCUT2D eigenvalue weighted by molar-refractivity contribution is 5.35. The molecule has 1 saturated carbocycles. The molecule has 2 nitrogen and oxygen atoms in total. The fraction of sp³-hybridized carbons (Fsp3) is 0.389. The first kappa shape index (κ1) is 14.2. The number of nitrogens with zero attached hydrogens (tertiary/aromatic N) is 1. The van der Waals surface area contributed by atoms with Gasteiger partial charge in [0.25, 0.3) is 0 Å². The van der Waals surface area contributed by atoms with Crippen LogP contribution in [0.25, 0.3) is 0 Å². The van der Waals surface area contributed by atoms with Crippen molar-refractivity contribution in [2.75, 3.05) is 6.54 Å². The smallest absolute Gasteiger partial charge is 0.146 e. The Morgan fingerprint density at radius 1 is 1.24 bits per heavy atom. The van der Waals surface area contributed by atoms with Crippen LogP contribution in [-0.2, 0) is 5.41 Å². The Morgan fingerprint density at radius 2 is 2.00 bits per heavy atom. The Hall–Kier alpha value is -1.74. The van der Waals surface area contributed by atoms with Crippen LogP contribution < -0.4 is 5.32 Å². The molecule has 0 saturated heterocycles. The zero-order valence-corrected chi connectivity index (χ0v) is 12.3. The molecule has 21 heavy (non-hydrogen) atoms. The van der Waals surface area contributed by atoms with Crippen LogP contribution in [0.3, 0.4) is 0 Å². The molecule has 1 unspecified atom stereocenters. The third-order valence-electron chi connectivity index (χ3n) is 4.67. The summed E-state index contributed by atoms with van der Waals surface area (Å²) in [5, 5.41) is 3.51. The average molecular weight is 284 g/mol. The summed E-state index contributed by atoms with van der Waals surface area (Å²) in [6.07, 6.45) is 6.38. The molecule has 1 fully saturated rings. The van der Waals surface area contributed by atoms with Gasteiger partial charge in [0.05, 0.1) is 6.20 Å². The Morgan fingerprint density at radius 3 is 2.57 bits per heavy atom. The summed E-state index contributed by atoms with van der Waals surface area (Å²) in [4.78, 5) is 3.88. The van der Waals surface area contributed by atoms with Crippen molar-refractivity contribution in [3.05, 3.63) is 65.7 Å². The highest BCUT2D eigenvalue weighted by Crippen LogP contribution is 2.52. The van der Waals surface area contributed by atoms with Crippen molar-refractivity contribution in [3.8, 4) is 0 Å². The topological polar surface area (TPSA) is 24.9 Å². The van der Waals surface area contributed by atoms with Gasteiger partial charge in [0.2, 0.25) is 0 Å². The molecule has 1 N–H and O–H groups in total. The van der Waals surface area contributed by atoms with E-state index < -0.39 is 0 Å². The van der Waals surface area contributed by atoms with E-state index in [1.807, 2.05) is 12.1 Å². The predicted octanol–water partition coefficient (Wildman–Crippen LogP) is 3.99. The van der Waals surface area contributed by atoms with Gasteiger partial charge in [0.1, 0.15) is 5.82 Å². The zero-order valence-electron chi connectivity index (χ0n) is 12.3. The maximum absolute atomic E-state index is 14.3. The van der Waals surface area contributed by atoms with Gasteiger partial charge in [-0.15, -0.1) is 0 Å². The standard InChI is InChI=1S/C18H21FN2/c1-2-21-17(15-9-12-20-13-16(15)19)18(10-6-11-18)14-7-4-3-5-8-14/h3-5,7-9,12-13,17,21H,2,6,10-11H2,1H3. The lowest BCUT2D eigenvalue weighted by Crippen LogP contribution is -2.47. The lowest BCUT2D eigenvalue weighted by atomic mass is 9.58. The van der Waals surface area contributed by atoms with Gasteiger partial charge >= 0.3 is 0 Å². The molecule has 0 bridgehead atoms. The Labute approximate surface area is 125 Å². The summed E-state index contributed by atoms with van der Waals surface area (Å²) in [5.74, 6) is -0.217. The van der Waals surface area contributed by atoms with Crippen molar-refractivity contribution < 1.29 is 4.39 Å². The molecule has 0 spiro atoms. The Bertz CT molecular complexity index is 593. The van der Waals surface area contributed by atoms with Crippen molar-refractivity contribution in [2.45, 2.75) is 37.6 Å². The first-order valence-electron chi connectivity index (χ1n) is 7.66. The molecule has 3 rings (SSSR count). The van der Waals surface area contributed by atoms with Crippen molar-refractivity contribution in [3.63, 3.8) is 0 Å². The monoisotopic (exact) mass is 284 g/mol. The molecule has 1 aliphatic carbocycles. The fourth-order valence-electron chi connectivity index (χ4n) is 3.50. The second-order valence-corrected chi connectivity index (χ2v) is 5.76. The third kappa shape index (κ3) is 2.46. The molecular weight excluding hydrogens is 263 g/mol. The van der Waals surface area contributed by atoms with Crippen LogP contribution in [0.2, 0.25) is 0 Å². The van der Waals surface area contributed by atoms with E-state index in [1.165, 1.54) is 18.2 Å². The van der Waals surface area contributed by atoms with Crippen LogP contribution in [0.1, 0.15) is 43.4 Å². The van der Waals surface area contributed by atoms with Gasteiger partial charge in [-0.05, 0) is 31.0 Å². The molecule has 1 aliphatic rings. The van der Waals surface area contributed by atoms with E-state index in [1.54, 1.807) is 6.20 Å². The highest BCUT2D eigenvalue weighted by Gasteiger charge is 2.46. The molecule has 110 valence electrons. The first-order chi connectivity index (χ1) is 10.3. The molecule has 0 radical (unpaired) electrons. The second kappa shape index (κ2) is 5.94. The summed E-state index contributed by atoms with van der Waals surface area (Å²) in [6, 6.07) is 12.3. The molecule has 2 aromatic rings. The number of hydrogen-bond acceptors (Lipinski definition) is 2. The summed E-state index contributed by atoms with van der Waals surface area (Å²) in [7, 11) is 0. The van der Waals surface area contributed by atoms with Gasteiger partial charge in [-0.3, -0.25) is 4.98 Å². The van der Waals surface area contributed by atoms with Gasteiger partial charge in [-0.2, -0.15) is 0 Å². The fourth-order valence-corrected chi connectivity index (χ4v) is 3.50. The maximum Gasteiger partial charge on any atom is 0.146 e. The van der Waals surface area contributed by atoms with Gasteiger partial charge in [0.15, 0.2) is 0 Å². The summed E-state index contributed by atoms with van der Waals surface area (Å²) < 4.78 is 14.3. The van der Waals surface area contributed by atoms with E-state index >= 15 is 0 Å². The van der Waals surface area contributed by atoms with Crippen molar-refractivity contribution in [1.29, 1.82) is 0 Å². The largest absolute Gasteiger partial charge is 0.309 e. The number of likely N-dealkylation sites (N-methyl/N-ethyl adjacent to an activating group) is 1. The van der Waals surface area contributed by atoms with Gasteiger partial charge in [0, 0.05) is 23.2 Å². The number of nitrogens with one attached hydrogen (secondary N) is 1. The summed E-state index contributed by atoms with van der Waals surface area (Å²) in [6.45, 7) is 2.89. The van der Waals surface area contributed by atoms with E-state index in [9.17, 15) is 4.39 Å². The SMILES string of the molecule is CCNC(c1ccncc1F)C1(c2ccccc2)CCC1. The minimum absolute atomic E-state index is 0.000532. The van der Waals surface area contributed by atoms with Crippen LogP contribution in [0, 0.1) is 5.82 Å². The molecule has 1 aromatic heterocycles. The number of rotatable bonds is 5. The van der Waals surface area contributed by atoms with Crippen LogP contribution in [0.5, 0.6) is 0 Å². The van der Waals surface area contributed by atoms with Gasteiger partial charge in [-0.1, -0.05) is 43.7 Å². The Kier molecular flexibility index (Phi) is 4.02. The molecule has 1 aromatic carbocycles. The molecule has 0 amide bonds. The van der Waals surface area contributed by atoms with Crippen LogP contribution in [0.4, 0.5) is 4.39 Å². The molecule has 1 atom stereocenters. The maximum atomic E-state index is 14.3. The van der Waals surface area contributed by atoms with Crippen molar-refractivity contribution in [1.82, 2.24) is 10.3 Å².